The summed E-state index contributed by atoms with van der Waals surface area (Å²) in [6.07, 6.45) is 5.13. The molecule has 0 unspecified atom stereocenters. The van der Waals surface area contributed by atoms with Gasteiger partial charge in [-0.15, -0.1) is 0 Å². The first kappa shape index (κ1) is 10.2. The number of aryl methyl sites for hydroxylation is 1. The van der Waals surface area contributed by atoms with Crippen molar-refractivity contribution in [3.05, 3.63) is 35.4 Å². The largest absolute Gasteiger partial charge is 0.398 e. The van der Waals surface area contributed by atoms with Crippen LogP contribution in [0.4, 0.5) is 5.69 Å². The lowest BCUT2D eigenvalue weighted by Crippen LogP contribution is -1.92. The Kier molecular flexibility index (Phi) is 3.90. The standard InChI is InChI=1S/C11H15NS/c1-9-5-4-7-10(11(9)12)6-2-3-8-13/h2,4-7,13H,3,8,12H2,1H3. The van der Waals surface area contributed by atoms with Crippen LogP contribution in [-0.4, -0.2) is 5.75 Å². The van der Waals surface area contributed by atoms with E-state index in [0.717, 1.165) is 29.0 Å². The van der Waals surface area contributed by atoms with Gasteiger partial charge in [0.15, 0.2) is 0 Å². The number of thiol groups is 1. The van der Waals surface area contributed by atoms with Gasteiger partial charge in [0.25, 0.3) is 0 Å². The number of nitrogen functional groups attached to an aromatic ring is 1. The van der Waals surface area contributed by atoms with E-state index in [2.05, 4.69) is 24.8 Å². The lowest BCUT2D eigenvalue weighted by atomic mass is 10.1. The molecule has 1 aromatic rings. The molecule has 1 aromatic carbocycles. The second-order valence-corrected chi connectivity index (χ2v) is 3.44. The average Bonchev–Trinajstić information content (AvgIpc) is 2.13. The van der Waals surface area contributed by atoms with Gasteiger partial charge in [0.05, 0.1) is 0 Å². The summed E-state index contributed by atoms with van der Waals surface area (Å²) in [7, 11) is 0. The second-order valence-electron chi connectivity index (χ2n) is 2.99. The minimum Gasteiger partial charge on any atom is -0.398 e. The molecule has 0 spiro atoms. The van der Waals surface area contributed by atoms with Gasteiger partial charge in [-0.25, -0.2) is 0 Å². The van der Waals surface area contributed by atoms with Gasteiger partial charge in [0, 0.05) is 5.69 Å². The van der Waals surface area contributed by atoms with E-state index in [4.69, 9.17) is 5.73 Å². The summed E-state index contributed by atoms with van der Waals surface area (Å²) in [5, 5.41) is 0. The Bertz CT molecular complexity index is 305. The number of para-hydroxylation sites is 1. The van der Waals surface area contributed by atoms with Crippen molar-refractivity contribution >= 4 is 24.4 Å². The molecule has 0 atom stereocenters. The van der Waals surface area contributed by atoms with Crippen LogP contribution in [0.5, 0.6) is 0 Å². The van der Waals surface area contributed by atoms with Crippen molar-refractivity contribution in [2.45, 2.75) is 13.3 Å². The van der Waals surface area contributed by atoms with E-state index in [1.54, 1.807) is 0 Å². The number of benzene rings is 1. The van der Waals surface area contributed by atoms with E-state index in [0.29, 0.717) is 0 Å². The summed E-state index contributed by atoms with van der Waals surface area (Å²) in [5.41, 5.74) is 9.00. The monoisotopic (exact) mass is 193 g/mol. The molecule has 0 saturated carbocycles. The molecule has 0 aliphatic rings. The molecule has 13 heavy (non-hydrogen) atoms. The van der Waals surface area contributed by atoms with E-state index in [-0.39, 0.29) is 0 Å². The molecule has 2 heteroatoms. The van der Waals surface area contributed by atoms with Crippen molar-refractivity contribution in [3.8, 4) is 0 Å². The van der Waals surface area contributed by atoms with Crippen LogP contribution in [0.25, 0.3) is 6.08 Å². The summed E-state index contributed by atoms with van der Waals surface area (Å²) < 4.78 is 0. The topological polar surface area (TPSA) is 26.0 Å². The Morgan fingerprint density at radius 1 is 1.46 bits per heavy atom. The molecule has 0 aromatic heterocycles. The minimum absolute atomic E-state index is 0.873. The Morgan fingerprint density at radius 3 is 2.92 bits per heavy atom. The van der Waals surface area contributed by atoms with Gasteiger partial charge in [0.2, 0.25) is 0 Å². The Hall–Kier alpha value is -0.890. The molecule has 0 aliphatic carbocycles. The molecule has 0 saturated heterocycles. The zero-order valence-electron chi connectivity index (χ0n) is 7.83. The van der Waals surface area contributed by atoms with Crippen molar-refractivity contribution in [1.29, 1.82) is 0 Å². The first-order chi connectivity index (χ1) is 6.25. The third-order valence-electron chi connectivity index (χ3n) is 1.95. The van der Waals surface area contributed by atoms with Crippen LogP contribution >= 0.6 is 12.6 Å². The molecule has 0 fully saturated rings. The van der Waals surface area contributed by atoms with E-state index in [1.165, 1.54) is 0 Å². The molecule has 1 rings (SSSR count). The number of hydrogen-bond acceptors (Lipinski definition) is 2. The summed E-state index contributed by atoms with van der Waals surface area (Å²) >= 11 is 4.13. The quantitative estimate of drug-likeness (QED) is 0.560. The van der Waals surface area contributed by atoms with Crippen molar-refractivity contribution < 1.29 is 0 Å². The fourth-order valence-corrected chi connectivity index (χ4v) is 1.28. The number of rotatable bonds is 3. The van der Waals surface area contributed by atoms with Gasteiger partial charge in [-0.05, 0) is 30.2 Å². The third-order valence-corrected chi connectivity index (χ3v) is 2.21. The number of hydrogen-bond donors (Lipinski definition) is 2. The number of nitrogens with two attached hydrogens (primary N) is 1. The van der Waals surface area contributed by atoms with Gasteiger partial charge >= 0.3 is 0 Å². The fourth-order valence-electron chi connectivity index (χ4n) is 1.13. The Balaban J connectivity index is 2.83. The molecule has 0 bridgehead atoms. The van der Waals surface area contributed by atoms with Gasteiger partial charge < -0.3 is 5.73 Å². The van der Waals surface area contributed by atoms with Gasteiger partial charge in [-0.3, -0.25) is 0 Å². The fraction of sp³-hybridized carbons (Fsp3) is 0.273. The maximum atomic E-state index is 5.89. The van der Waals surface area contributed by atoms with Crippen LogP contribution in [0, 0.1) is 6.92 Å². The van der Waals surface area contributed by atoms with Crippen molar-refractivity contribution in [1.82, 2.24) is 0 Å². The zero-order chi connectivity index (χ0) is 9.68. The molecule has 70 valence electrons. The predicted octanol–water partition coefficient (Wildman–Crippen LogP) is 2.91. The summed E-state index contributed by atoms with van der Waals surface area (Å²) in [6, 6.07) is 6.06. The average molecular weight is 193 g/mol. The van der Waals surface area contributed by atoms with Crippen molar-refractivity contribution in [2.24, 2.45) is 0 Å². The Morgan fingerprint density at radius 2 is 2.23 bits per heavy atom. The smallest absolute Gasteiger partial charge is 0.0417 e. The Labute approximate surface area is 85.1 Å². The summed E-state index contributed by atoms with van der Waals surface area (Å²) in [4.78, 5) is 0. The van der Waals surface area contributed by atoms with Crippen LogP contribution in [0.2, 0.25) is 0 Å². The van der Waals surface area contributed by atoms with Gasteiger partial charge in [-0.1, -0.05) is 30.4 Å². The van der Waals surface area contributed by atoms with E-state index >= 15 is 0 Å². The molecule has 0 radical (unpaired) electrons. The molecular formula is C11H15NS. The third kappa shape index (κ3) is 2.81. The van der Waals surface area contributed by atoms with E-state index in [9.17, 15) is 0 Å². The maximum absolute atomic E-state index is 5.89. The molecular weight excluding hydrogens is 178 g/mol. The minimum atomic E-state index is 0.873. The molecule has 0 aliphatic heterocycles. The van der Waals surface area contributed by atoms with E-state index in [1.807, 2.05) is 25.1 Å². The highest BCUT2D eigenvalue weighted by Gasteiger charge is 1.96. The van der Waals surface area contributed by atoms with Crippen LogP contribution in [0.15, 0.2) is 24.3 Å². The molecule has 1 nitrogen and oxygen atoms in total. The number of allylic oxidation sites excluding steroid dienone is 1. The van der Waals surface area contributed by atoms with E-state index < -0.39 is 0 Å². The molecule has 0 amide bonds. The SMILES string of the molecule is Cc1cccc(C=CCCS)c1N. The highest BCUT2D eigenvalue weighted by atomic mass is 32.1. The van der Waals surface area contributed by atoms with Gasteiger partial charge in [-0.2, -0.15) is 12.6 Å². The summed E-state index contributed by atoms with van der Waals surface area (Å²) in [6.45, 7) is 2.02. The first-order valence-electron chi connectivity index (χ1n) is 4.38. The lowest BCUT2D eigenvalue weighted by Gasteiger charge is -2.02. The summed E-state index contributed by atoms with van der Waals surface area (Å²) in [5.74, 6) is 0.877. The van der Waals surface area contributed by atoms with Crippen LogP contribution in [0.1, 0.15) is 17.5 Å². The van der Waals surface area contributed by atoms with Gasteiger partial charge in [0.1, 0.15) is 0 Å². The zero-order valence-corrected chi connectivity index (χ0v) is 8.72. The number of anilines is 1. The van der Waals surface area contributed by atoms with Crippen molar-refractivity contribution in [3.63, 3.8) is 0 Å². The van der Waals surface area contributed by atoms with Crippen LogP contribution < -0.4 is 5.73 Å². The van der Waals surface area contributed by atoms with Crippen LogP contribution in [0.3, 0.4) is 0 Å². The first-order valence-corrected chi connectivity index (χ1v) is 5.01. The predicted molar refractivity (Wildman–Crippen MR) is 63.1 cm³/mol. The molecule has 2 N–H and O–H groups in total. The van der Waals surface area contributed by atoms with Crippen molar-refractivity contribution in [2.75, 3.05) is 11.5 Å². The lowest BCUT2D eigenvalue weighted by molar-refractivity contribution is 1.26. The highest BCUT2D eigenvalue weighted by Crippen LogP contribution is 2.17. The molecule has 0 heterocycles. The normalized spacial score (nSPS) is 10.9. The second kappa shape index (κ2) is 4.97. The van der Waals surface area contributed by atoms with Crippen LogP contribution in [-0.2, 0) is 0 Å². The maximum Gasteiger partial charge on any atom is 0.0417 e. The highest BCUT2D eigenvalue weighted by molar-refractivity contribution is 7.80.